The molecule has 0 radical (unpaired) electrons. The molecule has 106 valence electrons. The zero-order valence-corrected chi connectivity index (χ0v) is 11.5. The number of anilines is 2. The number of hydrogen-bond acceptors (Lipinski definition) is 5. The number of ether oxygens (including phenoxy) is 1. The van der Waals surface area contributed by atoms with E-state index in [9.17, 15) is 4.39 Å². The fourth-order valence-electron chi connectivity index (χ4n) is 2.37. The SMILES string of the molecule is CCNc1ncc(F)c(N2CCC(COC)CC2)n1. The lowest BCUT2D eigenvalue weighted by molar-refractivity contribution is 0.139. The molecule has 1 saturated heterocycles. The number of rotatable bonds is 5. The van der Waals surface area contributed by atoms with Gasteiger partial charge in [0.15, 0.2) is 11.6 Å². The van der Waals surface area contributed by atoms with Crippen LogP contribution in [0.4, 0.5) is 16.2 Å². The van der Waals surface area contributed by atoms with Gasteiger partial charge in [0.05, 0.1) is 6.20 Å². The summed E-state index contributed by atoms with van der Waals surface area (Å²) in [5.74, 6) is 1.10. The van der Waals surface area contributed by atoms with E-state index in [0.29, 0.717) is 17.7 Å². The minimum Gasteiger partial charge on any atom is -0.384 e. The number of aromatic nitrogens is 2. The highest BCUT2D eigenvalue weighted by Gasteiger charge is 2.22. The van der Waals surface area contributed by atoms with E-state index in [1.165, 1.54) is 6.20 Å². The summed E-state index contributed by atoms with van der Waals surface area (Å²) in [6.07, 6.45) is 3.25. The second-order valence-electron chi connectivity index (χ2n) is 4.78. The van der Waals surface area contributed by atoms with Gasteiger partial charge in [-0.1, -0.05) is 0 Å². The lowest BCUT2D eigenvalue weighted by Gasteiger charge is -2.32. The number of piperidine rings is 1. The fraction of sp³-hybridized carbons (Fsp3) is 0.692. The number of hydrogen-bond donors (Lipinski definition) is 1. The van der Waals surface area contributed by atoms with Crippen LogP contribution in [0.5, 0.6) is 0 Å². The molecule has 0 amide bonds. The summed E-state index contributed by atoms with van der Waals surface area (Å²) in [6, 6.07) is 0. The van der Waals surface area contributed by atoms with E-state index in [2.05, 4.69) is 15.3 Å². The molecule has 5 nitrogen and oxygen atoms in total. The van der Waals surface area contributed by atoms with Crippen LogP contribution in [0.2, 0.25) is 0 Å². The molecule has 1 aromatic rings. The van der Waals surface area contributed by atoms with Gasteiger partial charge in [-0.3, -0.25) is 0 Å². The van der Waals surface area contributed by atoms with Gasteiger partial charge in [0, 0.05) is 33.4 Å². The van der Waals surface area contributed by atoms with Crippen molar-refractivity contribution < 1.29 is 9.13 Å². The first-order valence-electron chi connectivity index (χ1n) is 6.75. The van der Waals surface area contributed by atoms with Gasteiger partial charge in [-0.15, -0.1) is 0 Å². The third kappa shape index (κ3) is 3.53. The van der Waals surface area contributed by atoms with Crippen molar-refractivity contribution in [2.75, 3.05) is 43.6 Å². The first kappa shape index (κ1) is 14.0. The van der Waals surface area contributed by atoms with Crippen LogP contribution in [0.3, 0.4) is 0 Å². The smallest absolute Gasteiger partial charge is 0.224 e. The van der Waals surface area contributed by atoms with Crippen LogP contribution in [-0.4, -0.2) is 43.3 Å². The van der Waals surface area contributed by atoms with Crippen LogP contribution < -0.4 is 10.2 Å². The van der Waals surface area contributed by atoms with E-state index < -0.39 is 0 Å². The van der Waals surface area contributed by atoms with E-state index in [1.807, 2.05) is 11.8 Å². The Morgan fingerprint density at radius 1 is 1.47 bits per heavy atom. The molecule has 0 aromatic carbocycles. The van der Waals surface area contributed by atoms with Crippen LogP contribution in [0.25, 0.3) is 0 Å². The molecule has 2 rings (SSSR count). The highest BCUT2D eigenvalue weighted by atomic mass is 19.1. The molecule has 0 aliphatic carbocycles. The number of halogens is 1. The molecule has 2 heterocycles. The maximum absolute atomic E-state index is 13.8. The normalized spacial score (nSPS) is 16.7. The first-order valence-corrected chi connectivity index (χ1v) is 6.75. The molecule has 1 N–H and O–H groups in total. The van der Waals surface area contributed by atoms with E-state index in [1.54, 1.807) is 7.11 Å². The van der Waals surface area contributed by atoms with E-state index >= 15 is 0 Å². The monoisotopic (exact) mass is 268 g/mol. The summed E-state index contributed by atoms with van der Waals surface area (Å²) < 4.78 is 19.0. The van der Waals surface area contributed by atoms with Crippen LogP contribution in [0, 0.1) is 11.7 Å². The van der Waals surface area contributed by atoms with Gasteiger partial charge in [0.2, 0.25) is 5.95 Å². The molecule has 19 heavy (non-hydrogen) atoms. The Hall–Kier alpha value is -1.43. The van der Waals surface area contributed by atoms with Gasteiger partial charge in [0.1, 0.15) is 0 Å². The van der Waals surface area contributed by atoms with Gasteiger partial charge < -0.3 is 15.0 Å². The van der Waals surface area contributed by atoms with E-state index in [-0.39, 0.29) is 5.82 Å². The highest BCUT2D eigenvalue weighted by molar-refractivity contribution is 5.44. The largest absolute Gasteiger partial charge is 0.384 e. The Balaban J connectivity index is 2.03. The lowest BCUT2D eigenvalue weighted by atomic mass is 9.98. The lowest BCUT2D eigenvalue weighted by Crippen LogP contribution is -2.36. The predicted octanol–water partition coefficient (Wildman–Crippen LogP) is 1.91. The third-order valence-electron chi connectivity index (χ3n) is 3.38. The van der Waals surface area contributed by atoms with Crippen molar-refractivity contribution >= 4 is 11.8 Å². The van der Waals surface area contributed by atoms with E-state index in [4.69, 9.17) is 4.74 Å². The Morgan fingerprint density at radius 2 is 2.21 bits per heavy atom. The molecule has 0 unspecified atom stereocenters. The van der Waals surface area contributed by atoms with Crippen LogP contribution in [0.1, 0.15) is 19.8 Å². The standard InChI is InChI=1S/C13H21FN4O/c1-3-15-13-16-8-11(14)12(17-13)18-6-4-10(5-7-18)9-19-2/h8,10H,3-7,9H2,1-2H3,(H,15,16,17). The quantitative estimate of drug-likeness (QED) is 0.884. The van der Waals surface area contributed by atoms with Crippen molar-refractivity contribution in [3.8, 4) is 0 Å². The molecular formula is C13H21FN4O. The summed E-state index contributed by atoms with van der Waals surface area (Å²) in [5, 5.41) is 3.01. The summed E-state index contributed by atoms with van der Waals surface area (Å²) >= 11 is 0. The van der Waals surface area contributed by atoms with Gasteiger partial charge >= 0.3 is 0 Å². The van der Waals surface area contributed by atoms with Crippen molar-refractivity contribution in [2.45, 2.75) is 19.8 Å². The molecule has 1 aromatic heterocycles. The summed E-state index contributed by atoms with van der Waals surface area (Å²) in [5.41, 5.74) is 0. The zero-order valence-electron chi connectivity index (χ0n) is 11.5. The Bertz CT molecular complexity index is 408. The molecule has 0 bridgehead atoms. The van der Waals surface area contributed by atoms with Crippen molar-refractivity contribution in [1.82, 2.24) is 9.97 Å². The third-order valence-corrected chi connectivity index (χ3v) is 3.38. The van der Waals surface area contributed by atoms with Crippen LogP contribution >= 0.6 is 0 Å². The van der Waals surface area contributed by atoms with Gasteiger partial charge in [-0.05, 0) is 25.7 Å². The molecule has 1 aliphatic rings. The zero-order chi connectivity index (χ0) is 13.7. The van der Waals surface area contributed by atoms with Crippen LogP contribution in [-0.2, 0) is 4.74 Å². The van der Waals surface area contributed by atoms with Crippen molar-refractivity contribution in [2.24, 2.45) is 5.92 Å². The van der Waals surface area contributed by atoms with Gasteiger partial charge in [-0.25, -0.2) is 9.37 Å². The minimum atomic E-state index is -0.355. The molecular weight excluding hydrogens is 247 g/mol. The Morgan fingerprint density at radius 3 is 2.84 bits per heavy atom. The molecule has 6 heteroatoms. The maximum atomic E-state index is 13.8. The maximum Gasteiger partial charge on any atom is 0.224 e. The van der Waals surface area contributed by atoms with Crippen molar-refractivity contribution in [3.63, 3.8) is 0 Å². The fourth-order valence-corrected chi connectivity index (χ4v) is 2.37. The molecule has 1 aliphatic heterocycles. The molecule has 0 spiro atoms. The van der Waals surface area contributed by atoms with Crippen molar-refractivity contribution in [1.29, 1.82) is 0 Å². The number of methoxy groups -OCH3 is 1. The highest BCUT2D eigenvalue weighted by Crippen LogP contribution is 2.24. The number of nitrogens with one attached hydrogen (secondary N) is 1. The summed E-state index contributed by atoms with van der Waals surface area (Å²) in [6.45, 7) is 5.09. The summed E-state index contributed by atoms with van der Waals surface area (Å²) in [4.78, 5) is 10.2. The molecule has 0 saturated carbocycles. The van der Waals surface area contributed by atoms with Gasteiger partial charge in [-0.2, -0.15) is 4.98 Å². The second kappa shape index (κ2) is 6.65. The predicted molar refractivity (Wildman–Crippen MR) is 73.0 cm³/mol. The topological polar surface area (TPSA) is 50.3 Å². The van der Waals surface area contributed by atoms with Crippen molar-refractivity contribution in [3.05, 3.63) is 12.0 Å². The Labute approximate surface area is 113 Å². The average molecular weight is 268 g/mol. The summed E-state index contributed by atoms with van der Waals surface area (Å²) in [7, 11) is 1.72. The number of nitrogens with zero attached hydrogens (tertiary/aromatic N) is 3. The first-order chi connectivity index (χ1) is 9.24. The second-order valence-corrected chi connectivity index (χ2v) is 4.78. The molecule has 0 atom stereocenters. The van der Waals surface area contributed by atoms with Crippen LogP contribution in [0.15, 0.2) is 6.20 Å². The Kier molecular flexibility index (Phi) is 4.90. The molecule has 1 fully saturated rings. The average Bonchev–Trinajstić information content (AvgIpc) is 2.43. The minimum absolute atomic E-state index is 0.355. The van der Waals surface area contributed by atoms with E-state index in [0.717, 1.165) is 39.1 Å². The van der Waals surface area contributed by atoms with Gasteiger partial charge in [0.25, 0.3) is 0 Å².